The first kappa shape index (κ1) is 20.5. The van der Waals surface area contributed by atoms with Gasteiger partial charge in [0.15, 0.2) is 0 Å². The van der Waals surface area contributed by atoms with E-state index in [4.69, 9.17) is 4.52 Å². The smallest absolute Gasteiger partial charge is 0.255 e. The number of rotatable bonds is 7. The zero-order valence-corrected chi connectivity index (χ0v) is 17.6. The van der Waals surface area contributed by atoms with E-state index >= 15 is 0 Å². The monoisotopic (exact) mass is 432 g/mol. The van der Waals surface area contributed by atoms with E-state index < -0.39 is 0 Å². The van der Waals surface area contributed by atoms with E-state index in [1.807, 2.05) is 41.9 Å². The van der Waals surface area contributed by atoms with Crippen LogP contribution in [0.4, 0.5) is 11.4 Å². The molecule has 0 spiro atoms. The molecule has 2 amide bonds. The lowest BCUT2D eigenvalue weighted by molar-refractivity contribution is -0.116. The van der Waals surface area contributed by atoms with Crippen molar-refractivity contribution in [2.75, 3.05) is 10.6 Å². The molecule has 0 fully saturated rings. The van der Waals surface area contributed by atoms with Gasteiger partial charge in [-0.15, -0.1) is 0 Å². The van der Waals surface area contributed by atoms with E-state index in [9.17, 15) is 9.59 Å². The Bertz CT molecular complexity index is 1190. The maximum atomic E-state index is 12.4. The Balaban J connectivity index is 1.36. The molecular formula is C23H20N4O3S. The first-order valence-corrected chi connectivity index (χ1v) is 10.7. The molecule has 0 aliphatic heterocycles. The summed E-state index contributed by atoms with van der Waals surface area (Å²) in [6.07, 6.45) is 0.539. The molecule has 0 aliphatic rings. The number of anilines is 2. The molecule has 0 unspecified atom stereocenters. The first-order valence-electron chi connectivity index (χ1n) is 9.71. The van der Waals surface area contributed by atoms with Crippen molar-refractivity contribution in [3.63, 3.8) is 0 Å². The fourth-order valence-corrected chi connectivity index (χ4v) is 3.62. The van der Waals surface area contributed by atoms with Crippen LogP contribution >= 0.6 is 11.3 Å². The van der Waals surface area contributed by atoms with Gasteiger partial charge in [-0.2, -0.15) is 16.3 Å². The summed E-state index contributed by atoms with van der Waals surface area (Å²) >= 11 is 1.56. The summed E-state index contributed by atoms with van der Waals surface area (Å²) in [7, 11) is 0. The summed E-state index contributed by atoms with van der Waals surface area (Å²) in [6, 6.07) is 16.3. The minimum absolute atomic E-state index is 0.176. The first-order chi connectivity index (χ1) is 15.1. The topological polar surface area (TPSA) is 97.1 Å². The van der Waals surface area contributed by atoms with E-state index in [0.717, 1.165) is 11.1 Å². The van der Waals surface area contributed by atoms with E-state index in [-0.39, 0.29) is 18.2 Å². The van der Waals surface area contributed by atoms with Crippen molar-refractivity contribution in [1.82, 2.24) is 10.1 Å². The molecule has 0 radical (unpaired) electrons. The van der Waals surface area contributed by atoms with Gasteiger partial charge < -0.3 is 15.2 Å². The van der Waals surface area contributed by atoms with Gasteiger partial charge in [0.25, 0.3) is 5.91 Å². The highest BCUT2D eigenvalue weighted by Crippen LogP contribution is 2.24. The Morgan fingerprint density at radius 1 is 1.00 bits per heavy atom. The number of benzene rings is 2. The van der Waals surface area contributed by atoms with Crippen LogP contribution in [0, 0.1) is 6.92 Å². The molecule has 31 heavy (non-hydrogen) atoms. The van der Waals surface area contributed by atoms with Crippen LogP contribution in [-0.4, -0.2) is 22.0 Å². The third kappa shape index (κ3) is 5.04. The van der Waals surface area contributed by atoms with Gasteiger partial charge in [0.1, 0.15) is 0 Å². The second-order valence-electron chi connectivity index (χ2n) is 6.87. The highest BCUT2D eigenvalue weighted by Gasteiger charge is 2.13. The van der Waals surface area contributed by atoms with Crippen molar-refractivity contribution < 1.29 is 14.1 Å². The highest BCUT2D eigenvalue weighted by molar-refractivity contribution is 7.08. The average Bonchev–Trinajstić information content (AvgIpc) is 3.47. The molecule has 2 aromatic carbocycles. The molecule has 2 aromatic heterocycles. The zero-order chi connectivity index (χ0) is 21.6. The second-order valence-corrected chi connectivity index (χ2v) is 7.65. The number of amides is 2. The Labute approximate surface area is 183 Å². The van der Waals surface area contributed by atoms with Crippen molar-refractivity contribution >= 4 is 34.5 Å². The number of nitrogens with zero attached hydrogens (tertiary/aromatic N) is 2. The Hall–Kier alpha value is -3.78. The molecule has 0 saturated carbocycles. The van der Waals surface area contributed by atoms with Gasteiger partial charge in [0.2, 0.25) is 17.6 Å². The Morgan fingerprint density at radius 3 is 2.52 bits per heavy atom. The predicted octanol–water partition coefficient (Wildman–Crippen LogP) is 4.93. The molecule has 156 valence electrons. The van der Waals surface area contributed by atoms with Crippen LogP contribution in [0.2, 0.25) is 0 Å². The Kier molecular flexibility index (Phi) is 6.18. The lowest BCUT2D eigenvalue weighted by atomic mass is 10.1. The maximum absolute atomic E-state index is 12.4. The van der Waals surface area contributed by atoms with E-state index in [2.05, 4.69) is 20.8 Å². The molecule has 2 N–H and O–H groups in total. The van der Waals surface area contributed by atoms with Crippen molar-refractivity contribution in [2.24, 2.45) is 0 Å². The standard InChI is InChI=1S/C23H20N4O3S/c1-15-18(8-5-9-19(15)25-23(29)16-6-3-2-4-7-16)24-20(28)10-11-21-26-22(27-30-21)17-12-13-31-14-17/h2-9,12-14H,10-11H2,1H3,(H,24,28)(H,25,29). The van der Waals surface area contributed by atoms with E-state index in [0.29, 0.717) is 35.1 Å². The number of aromatic nitrogens is 2. The van der Waals surface area contributed by atoms with Crippen molar-refractivity contribution in [3.05, 3.63) is 82.4 Å². The van der Waals surface area contributed by atoms with Crippen LogP contribution in [0.3, 0.4) is 0 Å². The second kappa shape index (κ2) is 9.36. The maximum Gasteiger partial charge on any atom is 0.255 e. The summed E-state index contributed by atoms with van der Waals surface area (Å²) in [5.41, 5.74) is 3.52. The molecule has 0 bridgehead atoms. The van der Waals surface area contributed by atoms with Crippen LogP contribution in [0.5, 0.6) is 0 Å². The van der Waals surface area contributed by atoms with Crippen LogP contribution in [-0.2, 0) is 11.2 Å². The van der Waals surface area contributed by atoms with Crippen LogP contribution < -0.4 is 10.6 Å². The number of carbonyl (C=O) groups excluding carboxylic acids is 2. The summed E-state index contributed by atoms with van der Waals surface area (Å²) in [5.74, 6) is 0.557. The summed E-state index contributed by atoms with van der Waals surface area (Å²) in [5, 5.41) is 13.6. The number of carbonyl (C=O) groups is 2. The molecule has 8 heteroatoms. The fraction of sp³-hybridized carbons (Fsp3) is 0.130. The highest BCUT2D eigenvalue weighted by atomic mass is 32.1. The van der Waals surface area contributed by atoms with E-state index in [1.165, 1.54) is 0 Å². The van der Waals surface area contributed by atoms with E-state index in [1.54, 1.807) is 41.7 Å². The lowest BCUT2D eigenvalue weighted by Gasteiger charge is -2.13. The van der Waals surface area contributed by atoms with Crippen LogP contribution in [0.25, 0.3) is 11.4 Å². The quantitative estimate of drug-likeness (QED) is 0.432. The average molecular weight is 433 g/mol. The van der Waals surface area contributed by atoms with Crippen LogP contribution in [0.1, 0.15) is 28.2 Å². The number of nitrogens with one attached hydrogen (secondary N) is 2. The summed E-state index contributed by atoms with van der Waals surface area (Å²) < 4.78 is 5.23. The summed E-state index contributed by atoms with van der Waals surface area (Å²) in [6.45, 7) is 1.85. The molecule has 7 nitrogen and oxygen atoms in total. The van der Waals surface area contributed by atoms with Crippen molar-refractivity contribution in [1.29, 1.82) is 0 Å². The van der Waals surface area contributed by atoms with Crippen molar-refractivity contribution in [2.45, 2.75) is 19.8 Å². The third-order valence-corrected chi connectivity index (χ3v) is 5.39. The number of hydrogen-bond acceptors (Lipinski definition) is 6. The number of thiophene rings is 1. The normalized spacial score (nSPS) is 10.6. The molecule has 4 aromatic rings. The SMILES string of the molecule is Cc1c(NC(=O)CCc2nc(-c3ccsc3)no2)cccc1NC(=O)c1ccccc1. The minimum Gasteiger partial charge on any atom is -0.339 e. The van der Waals surface area contributed by atoms with Gasteiger partial charge in [-0.3, -0.25) is 9.59 Å². The third-order valence-electron chi connectivity index (χ3n) is 4.71. The largest absolute Gasteiger partial charge is 0.339 e. The van der Waals surface area contributed by atoms with Gasteiger partial charge in [0.05, 0.1) is 0 Å². The molecule has 0 atom stereocenters. The molecule has 2 heterocycles. The molecule has 4 rings (SSSR count). The van der Waals surface area contributed by atoms with Crippen LogP contribution in [0.15, 0.2) is 69.9 Å². The Morgan fingerprint density at radius 2 is 1.77 bits per heavy atom. The zero-order valence-electron chi connectivity index (χ0n) is 16.8. The van der Waals surface area contributed by atoms with Gasteiger partial charge in [0, 0.05) is 40.7 Å². The summed E-state index contributed by atoms with van der Waals surface area (Å²) in [4.78, 5) is 29.2. The van der Waals surface area contributed by atoms with Gasteiger partial charge in [-0.25, -0.2) is 0 Å². The van der Waals surface area contributed by atoms with Gasteiger partial charge in [-0.05, 0) is 48.2 Å². The minimum atomic E-state index is -0.204. The molecular weight excluding hydrogens is 412 g/mol. The fourth-order valence-electron chi connectivity index (χ4n) is 2.99. The van der Waals surface area contributed by atoms with Gasteiger partial charge in [-0.1, -0.05) is 29.4 Å². The van der Waals surface area contributed by atoms with Gasteiger partial charge >= 0.3 is 0 Å². The van der Waals surface area contributed by atoms with Crippen molar-refractivity contribution in [3.8, 4) is 11.4 Å². The number of aryl methyl sites for hydroxylation is 1. The molecule has 0 aliphatic carbocycles. The lowest BCUT2D eigenvalue weighted by Crippen LogP contribution is -2.16. The molecule has 0 saturated heterocycles. The predicted molar refractivity (Wildman–Crippen MR) is 120 cm³/mol. The number of hydrogen-bond donors (Lipinski definition) is 2.